The predicted molar refractivity (Wildman–Crippen MR) is 74.8 cm³/mol. The van der Waals surface area contributed by atoms with Gasteiger partial charge in [-0.2, -0.15) is 5.10 Å². The molecule has 6 nitrogen and oxygen atoms in total. The smallest absolute Gasteiger partial charge is 0.356 e. The summed E-state index contributed by atoms with van der Waals surface area (Å²) in [5, 5.41) is 15.0. The van der Waals surface area contributed by atoms with Crippen LogP contribution in [0.3, 0.4) is 0 Å². The van der Waals surface area contributed by atoms with Gasteiger partial charge < -0.3 is 5.11 Å². The van der Waals surface area contributed by atoms with Gasteiger partial charge in [-0.15, -0.1) is 11.3 Å². The Kier molecular flexibility index (Phi) is 3.14. The van der Waals surface area contributed by atoms with Crippen molar-refractivity contribution in [1.82, 2.24) is 9.78 Å². The van der Waals surface area contributed by atoms with Gasteiger partial charge in [-0.25, -0.2) is 13.2 Å². The number of carboxylic acid groups (broad SMARTS) is 1. The first-order chi connectivity index (χ1) is 9.46. The molecule has 0 saturated carbocycles. The Bertz CT molecular complexity index is 747. The van der Waals surface area contributed by atoms with Crippen LogP contribution in [0.5, 0.6) is 0 Å². The molecule has 106 valence electrons. The van der Waals surface area contributed by atoms with E-state index in [-0.39, 0.29) is 23.2 Å². The van der Waals surface area contributed by atoms with Crippen LogP contribution in [0.2, 0.25) is 0 Å². The quantitative estimate of drug-likeness (QED) is 0.931. The molecule has 3 rings (SSSR count). The molecule has 1 saturated heterocycles. The van der Waals surface area contributed by atoms with E-state index in [1.54, 1.807) is 4.68 Å². The van der Waals surface area contributed by atoms with E-state index in [1.807, 2.05) is 17.5 Å². The molecule has 0 spiro atoms. The van der Waals surface area contributed by atoms with Crippen molar-refractivity contribution >= 4 is 27.1 Å². The first kappa shape index (κ1) is 13.3. The molecule has 2 aromatic rings. The van der Waals surface area contributed by atoms with Crippen LogP contribution in [-0.4, -0.2) is 40.8 Å². The van der Waals surface area contributed by atoms with Crippen molar-refractivity contribution in [3.05, 3.63) is 29.3 Å². The van der Waals surface area contributed by atoms with Gasteiger partial charge in [0, 0.05) is 0 Å². The van der Waals surface area contributed by atoms with E-state index in [9.17, 15) is 13.2 Å². The van der Waals surface area contributed by atoms with E-state index in [2.05, 4.69) is 5.10 Å². The fourth-order valence-corrected chi connectivity index (χ4v) is 4.78. The highest BCUT2D eigenvalue weighted by molar-refractivity contribution is 7.91. The highest BCUT2D eigenvalue weighted by Gasteiger charge is 2.32. The molecular formula is C12H12N2O4S2. The molecule has 0 aliphatic carbocycles. The average molecular weight is 312 g/mol. The Morgan fingerprint density at radius 2 is 2.30 bits per heavy atom. The van der Waals surface area contributed by atoms with Crippen LogP contribution in [0.4, 0.5) is 0 Å². The van der Waals surface area contributed by atoms with Crippen LogP contribution in [0, 0.1) is 0 Å². The number of sulfone groups is 1. The molecule has 1 atom stereocenters. The van der Waals surface area contributed by atoms with Gasteiger partial charge >= 0.3 is 5.97 Å². The van der Waals surface area contributed by atoms with Crippen molar-refractivity contribution in [2.75, 3.05) is 11.5 Å². The zero-order chi connectivity index (χ0) is 14.3. The maximum absolute atomic E-state index is 11.6. The van der Waals surface area contributed by atoms with Gasteiger partial charge in [-0.1, -0.05) is 6.07 Å². The lowest BCUT2D eigenvalue weighted by Gasteiger charge is -2.11. The van der Waals surface area contributed by atoms with Crippen molar-refractivity contribution in [1.29, 1.82) is 0 Å². The fraction of sp³-hybridized carbons (Fsp3) is 0.333. The Morgan fingerprint density at radius 1 is 1.50 bits per heavy atom. The molecule has 0 unspecified atom stereocenters. The molecule has 8 heteroatoms. The SMILES string of the molecule is O=C(O)c1cc(-c2cccs2)n([C@@H]2CCS(=O)(=O)C2)n1. The Labute approximate surface area is 119 Å². The molecule has 1 N–H and O–H groups in total. The molecule has 2 aromatic heterocycles. The third kappa shape index (κ3) is 2.36. The fourth-order valence-electron chi connectivity index (χ4n) is 2.35. The number of aromatic carboxylic acids is 1. The third-order valence-electron chi connectivity index (χ3n) is 3.28. The van der Waals surface area contributed by atoms with Gasteiger partial charge in [0.25, 0.3) is 0 Å². The molecule has 0 aromatic carbocycles. The van der Waals surface area contributed by atoms with Gasteiger partial charge in [0.2, 0.25) is 0 Å². The van der Waals surface area contributed by atoms with Crippen molar-refractivity contribution in [2.45, 2.75) is 12.5 Å². The largest absolute Gasteiger partial charge is 0.476 e. The van der Waals surface area contributed by atoms with Crippen LogP contribution >= 0.6 is 11.3 Å². The van der Waals surface area contributed by atoms with Crippen molar-refractivity contribution < 1.29 is 18.3 Å². The number of hydrogen-bond donors (Lipinski definition) is 1. The zero-order valence-corrected chi connectivity index (χ0v) is 12.0. The topological polar surface area (TPSA) is 89.3 Å². The van der Waals surface area contributed by atoms with Gasteiger partial charge in [0.05, 0.1) is 28.1 Å². The van der Waals surface area contributed by atoms with Crippen molar-refractivity contribution in [2.24, 2.45) is 0 Å². The van der Waals surface area contributed by atoms with Crippen LogP contribution in [0.1, 0.15) is 23.0 Å². The first-order valence-electron chi connectivity index (χ1n) is 6.03. The number of carboxylic acids is 1. The molecule has 3 heterocycles. The Balaban J connectivity index is 2.07. The van der Waals surface area contributed by atoms with Crippen LogP contribution in [0.25, 0.3) is 10.6 Å². The number of rotatable bonds is 3. The third-order valence-corrected chi connectivity index (χ3v) is 5.93. The van der Waals surface area contributed by atoms with E-state index in [0.29, 0.717) is 12.1 Å². The highest BCUT2D eigenvalue weighted by atomic mass is 32.2. The van der Waals surface area contributed by atoms with E-state index in [1.165, 1.54) is 17.4 Å². The van der Waals surface area contributed by atoms with Gasteiger partial charge in [0.15, 0.2) is 15.5 Å². The summed E-state index contributed by atoms with van der Waals surface area (Å²) in [4.78, 5) is 12.0. The lowest BCUT2D eigenvalue weighted by atomic mass is 10.2. The summed E-state index contributed by atoms with van der Waals surface area (Å²) in [5.74, 6) is -0.960. The number of hydrogen-bond acceptors (Lipinski definition) is 5. The van der Waals surface area contributed by atoms with E-state index in [4.69, 9.17) is 5.11 Å². The van der Waals surface area contributed by atoms with Crippen LogP contribution < -0.4 is 0 Å². The standard InChI is InChI=1S/C12H12N2O4S2/c15-12(16)9-6-10(11-2-1-4-19-11)14(13-9)8-3-5-20(17,18)7-8/h1-2,4,6,8H,3,5,7H2,(H,15,16)/t8-/m1/s1. The van der Waals surface area contributed by atoms with Crippen molar-refractivity contribution in [3.8, 4) is 10.6 Å². The van der Waals surface area contributed by atoms with Gasteiger partial charge in [0.1, 0.15) is 0 Å². The second-order valence-electron chi connectivity index (χ2n) is 4.70. The zero-order valence-electron chi connectivity index (χ0n) is 10.4. The lowest BCUT2D eigenvalue weighted by Crippen LogP contribution is -2.14. The van der Waals surface area contributed by atoms with E-state index >= 15 is 0 Å². The summed E-state index contributed by atoms with van der Waals surface area (Å²) in [7, 11) is -3.05. The number of aromatic nitrogens is 2. The number of nitrogens with zero attached hydrogens (tertiary/aromatic N) is 2. The maximum Gasteiger partial charge on any atom is 0.356 e. The van der Waals surface area contributed by atoms with Crippen LogP contribution in [0.15, 0.2) is 23.6 Å². The van der Waals surface area contributed by atoms with Gasteiger partial charge in [-0.3, -0.25) is 4.68 Å². The van der Waals surface area contributed by atoms with E-state index < -0.39 is 15.8 Å². The normalized spacial score (nSPS) is 21.1. The van der Waals surface area contributed by atoms with Gasteiger partial charge in [-0.05, 0) is 23.9 Å². The second-order valence-corrected chi connectivity index (χ2v) is 7.88. The summed E-state index contributed by atoms with van der Waals surface area (Å²) in [6.07, 6.45) is 0.474. The van der Waals surface area contributed by atoms with E-state index in [0.717, 1.165) is 4.88 Å². The maximum atomic E-state index is 11.6. The average Bonchev–Trinajstić information content (AvgIpc) is 3.04. The number of thiophene rings is 1. The highest BCUT2D eigenvalue weighted by Crippen LogP contribution is 2.32. The molecule has 0 bridgehead atoms. The monoisotopic (exact) mass is 312 g/mol. The van der Waals surface area contributed by atoms with Crippen LogP contribution in [-0.2, 0) is 9.84 Å². The first-order valence-corrected chi connectivity index (χ1v) is 8.73. The molecule has 1 aliphatic rings. The molecule has 1 aliphatic heterocycles. The Morgan fingerprint density at radius 3 is 2.85 bits per heavy atom. The summed E-state index contributed by atoms with van der Waals surface area (Å²) < 4.78 is 24.8. The number of carbonyl (C=O) groups is 1. The summed E-state index contributed by atoms with van der Waals surface area (Å²) in [5.41, 5.74) is 0.609. The molecular weight excluding hydrogens is 300 g/mol. The minimum absolute atomic E-state index is 0.0200. The lowest BCUT2D eigenvalue weighted by molar-refractivity contribution is 0.0689. The minimum atomic E-state index is -3.05. The predicted octanol–water partition coefficient (Wildman–Crippen LogP) is 1.67. The Hall–Kier alpha value is -1.67. The summed E-state index contributed by atoms with van der Waals surface area (Å²) >= 11 is 1.47. The molecule has 1 fully saturated rings. The summed E-state index contributed by atoms with van der Waals surface area (Å²) in [6, 6.07) is 4.94. The molecule has 0 radical (unpaired) electrons. The molecule has 20 heavy (non-hydrogen) atoms. The molecule has 0 amide bonds. The summed E-state index contributed by atoms with van der Waals surface area (Å²) in [6.45, 7) is 0. The minimum Gasteiger partial charge on any atom is -0.476 e. The van der Waals surface area contributed by atoms with Crippen molar-refractivity contribution in [3.63, 3.8) is 0 Å². The second kappa shape index (κ2) is 4.71.